The lowest BCUT2D eigenvalue weighted by Gasteiger charge is -2.44. The maximum Gasteiger partial charge on any atom is 0.262 e. The lowest BCUT2D eigenvalue weighted by Crippen LogP contribution is -2.54. The first kappa shape index (κ1) is 43.4. The van der Waals surface area contributed by atoms with Gasteiger partial charge in [-0.3, -0.25) is 34.3 Å². The zero-order valence-corrected chi connectivity index (χ0v) is 37.2. The summed E-state index contributed by atoms with van der Waals surface area (Å²) in [4.78, 5) is 71.1. The van der Waals surface area contributed by atoms with Crippen LogP contribution in [0.15, 0.2) is 72.9 Å². The highest BCUT2D eigenvalue weighted by Gasteiger charge is 2.45. The van der Waals surface area contributed by atoms with Crippen LogP contribution in [0.5, 0.6) is 5.75 Å². The van der Waals surface area contributed by atoms with Gasteiger partial charge in [-0.05, 0) is 104 Å². The highest BCUT2D eigenvalue weighted by Crippen LogP contribution is 2.36. The molecule has 0 aliphatic carbocycles. The van der Waals surface area contributed by atoms with Crippen molar-refractivity contribution in [3.05, 3.63) is 111 Å². The van der Waals surface area contributed by atoms with Gasteiger partial charge < -0.3 is 19.4 Å². The molecule has 5 aliphatic rings. The molecule has 0 saturated carbocycles. The third kappa shape index (κ3) is 9.07. The highest BCUT2D eigenvalue weighted by molar-refractivity contribution is 6.30. The number of nitrogens with zero attached hydrogens (tertiary/aromatic N) is 8. The highest BCUT2D eigenvalue weighted by atomic mass is 35.5. The summed E-state index contributed by atoms with van der Waals surface area (Å²) >= 11 is 6.31. The smallest absolute Gasteiger partial charge is 0.262 e. The summed E-state index contributed by atoms with van der Waals surface area (Å²) in [6.45, 7) is 13.6. The van der Waals surface area contributed by atoms with Gasteiger partial charge >= 0.3 is 0 Å². The van der Waals surface area contributed by atoms with Gasteiger partial charge in [-0.2, -0.15) is 5.26 Å². The SMILES string of the molecule is CC(C)(c1ccc(OCc2ccnc(N3CCC(N4CCN(CC5CCN(c6ccc7c(c6)C(=O)N(C6CCC(=O)NC6=O)C7=O)CC5)CC4)CC3)n2)cc1)c1cc(Cl)cc(C#N)c1. The molecule has 14 nitrogen and oxygen atoms in total. The van der Waals surface area contributed by atoms with E-state index in [1.165, 1.54) is 0 Å². The van der Waals surface area contributed by atoms with Crippen molar-refractivity contribution in [2.75, 3.05) is 68.7 Å². The van der Waals surface area contributed by atoms with Crippen molar-refractivity contribution in [3.63, 3.8) is 0 Å². The largest absolute Gasteiger partial charge is 0.487 e. The van der Waals surface area contributed by atoms with E-state index in [9.17, 15) is 24.4 Å². The van der Waals surface area contributed by atoms with Gasteiger partial charge in [0.15, 0.2) is 0 Å². The van der Waals surface area contributed by atoms with Gasteiger partial charge in [-0.1, -0.05) is 37.6 Å². The van der Waals surface area contributed by atoms with Crippen molar-refractivity contribution in [2.24, 2.45) is 5.92 Å². The number of anilines is 2. The van der Waals surface area contributed by atoms with Crippen LogP contribution in [0, 0.1) is 17.2 Å². The Morgan fingerprint density at radius 2 is 1.52 bits per heavy atom. The molecule has 15 heteroatoms. The number of nitriles is 1. The zero-order valence-electron chi connectivity index (χ0n) is 36.5. The fourth-order valence-electron chi connectivity index (χ4n) is 10.1. The van der Waals surface area contributed by atoms with Crippen LogP contribution < -0.4 is 19.9 Å². The van der Waals surface area contributed by atoms with Gasteiger partial charge in [0.25, 0.3) is 11.8 Å². The second kappa shape index (κ2) is 18.3. The molecular weight excluding hydrogens is 830 g/mol. The number of hydrogen-bond acceptors (Lipinski definition) is 12. The summed E-state index contributed by atoms with van der Waals surface area (Å²) in [6, 6.07) is 22.7. The molecule has 4 amide bonds. The number of piperazine rings is 1. The van der Waals surface area contributed by atoms with Crippen LogP contribution in [0.25, 0.3) is 0 Å². The summed E-state index contributed by atoms with van der Waals surface area (Å²) in [5.41, 5.74) is 4.66. The molecule has 6 heterocycles. The number of nitrogens with one attached hydrogen (secondary N) is 1. The first-order valence-corrected chi connectivity index (χ1v) is 22.9. The molecule has 4 fully saturated rings. The molecule has 5 aliphatic heterocycles. The van der Waals surface area contributed by atoms with Crippen LogP contribution in [-0.4, -0.2) is 119 Å². The van der Waals surface area contributed by atoms with Crippen LogP contribution >= 0.6 is 11.6 Å². The Morgan fingerprint density at radius 1 is 0.797 bits per heavy atom. The van der Waals surface area contributed by atoms with Gasteiger partial charge in [0, 0.05) is 93.7 Å². The van der Waals surface area contributed by atoms with Gasteiger partial charge in [-0.15, -0.1) is 0 Å². The molecule has 0 radical (unpaired) electrons. The number of amides is 4. The Kier molecular flexibility index (Phi) is 12.4. The van der Waals surface area contributed by atoms with E-state index in [-0.39, 0.29) is 24.2 Å². The Hall–Kier alpha value is -5.88. The number of carbonyl (C=O) groups excluding carboxylic acids is 4. The molecule has 0 spiro atoms. The van der Waals surface area contributed by atoms with Gasteiger partial charge in [0.05, 0.1) is 28.5 Å². The fourth-order valence-corrected chi connectivity index (χ4v) is 10.3. The van der Waals surface area contributed by atoms with Gasteiger partial charge in [0.1, 0.15) is 18.4 Å². The average Bonchev–Trinajstić information content (AvgIpc) is 3.56. The first-order chi connectivity index (χ1) is 30.9. The summed E-state index contributed by atoms with van der Waals surface area (Å²) in [7, 11) is 0. The summed E-state index contributed by atoms with van der Waals surface area (Å²) in [6.07, 6.45) is 6.35. The molecule has 4 aromatic rings. The van der Waals surface area contributed by atoms with E-state index < -0.39 is 23.8 Å². The Balaban J connectivity index is 0.698. The van der Waals surface area contributed by atoms with Crippen molar-refractivity contribution >= 4 is 46.9 Å². The lowest BCUT2D eigenvalue weighted by atomic mass is 9.78. The molecule has 1 N–H and O–H groups in total. The molecule has 1 aromatic heterocycles. The monoisotopic (exact) mass is 883 g/mol. The minimum absolute atomic E-state index is 0.101. The van der Waals surface area contributed by atoms with Gasteiger partial charge in [-0.25, -0.2) is 9.97 Å². The van der Waals surface area contributed by atoms with Crippen LogP contribution in [0.2, 0.25) is 5.02 Å². The molecule has 4 saturated heterocycles. The summed E-state index contributed by atoms with van der Waals surface area (Å²) in [5, 5.41) is 12.2. The maximum atomic E-state index is 13.4. The quantitative estimate of drug-likeness (QED) is 0.181. The predicted molar refractivity (Wildman–Crippen MR) is 242 cm³/mol. The standard InChI is InChI=1S/C49H54ClN9O5/c1-49(2,35-25-33(29-51)26-36(50)27-35)34-3-6-40(7-4-34)64-31-37-11-16-52-48(53-37)58-19-14-38(15-20-58)57-23-21-55(22-24-57)30-32-12-17-56(18-13-32)39-5-8-41-42(28-39)47(63)59(46(41)62)43-9-10-44(60)54-45(43)61/h3-8,11,16,25-28,32,38,43H,9-10,12-15,17-24,30-31H2,1-2H3,(H,54,60,61). The fraction of sp³-hybridized carbons (Fsp3) is 0.449. The second-order valence-electron chi connectivity index (χ2n) is 18.3. The maximum absolute atomic E-state index is 13.4. The average molecular weight is 884 g/mol. The van der Waals surface area contributed by atoms with Crippen LogP contribution in [0.4, 0.5) is 11.6 Å². The number of piperidine rings is 3. The van der Waals surface area contributed by atoms with E-state index in [0.717, 1.165) is 124 Å². The van der Waals surface area contributed by atoms with Crippen molar-refractivity contribution in [1.82, 2.24) is 30.0 Å². The topological polar surface area (TPSA) is 155 Å². The number of aromatic nitrogens is 2. The van der Waals surface area contributed by atoms with Crippen molar-refractivity contribution in [3.8, 4) is 11.8 Å². The van der Waals surface area contributed by atoms with Crippen molar-refractivity contribution in [1.29, 1.82) is 5.26 Å². The first-order valence-electron chi connectivity index (χ1n) is 22.5. The number of carbonyl (C=O) groups is 4. The molecule has 1 unspecified atom stereocenters. The van der Waals surface area contributed by atoms with E-state index in [1.54, 1.807) is 18.2 Å². The minimum Gasteiger partial charge on any atom is -0.487 e. The van der Waals surface area contributed by atoms with Crippen LogP contribution in [0.3, 0.4) is 0 Å². The predicted octanol–water partition coefficient (Wildman–Crippen LogP) is 5.81. The number of ether oxygens (including phenoxy) is 1. The van der Waals surface area contributed by atoms with Gasteiger partial charge in [0.2, 0.25) is 17.8 Å². The van der Waals surface area contributed by atoms with Crippen molar-refractivity contribution < 1.29 is 23.9 Å². The molecule has 9 rings (SSSR count). The van der Waals surface area contributed by atoms with Crippen LogP contribution in [-0.2, 0) is 21.6 Å². The van der Waals surface area contributed by atoms with Crippen molar-refractivity contribution in [2.45, 2.75) is 76.5 Å². The van der Waals surface area contributed by atoms with Crippen LogP contribution in [0.1, 0.15) is 95.5 Å². The molecule has 3 aromatic carbocycles. The summed E-state index contributed by atoms with van der Waals surface area (Å²) in [5.74, 6) is 0.191. The second-order valence-corrected chi connectivity index (χ2v) is 18.7. The number of halogens is 1. The third-order valence-corrected chi connectivity index (χ3v) is 14.2. The lowest BCUT2D eigenvalue weighted by molar-refractivity contribution is -0.136. The number of hydrogen-bond donors (Lipinski definition) is 1. The Labute approximate surface area is 379 Å². The minimum atomic E-state index is -0.961. The van der Waals surface area contributed by atoms with E-state index in [1.807, 2.05) is 42.6 Å². The molecule has 332 valence electrons. The number of rotatable bonds is 11. The number of imide groups is 2. The molecule has 64 heavy (non-hydrogen) atoms. The summed E-state index contributed by atoms with van der Waals surface area (Å²) < 4.78 is 6.16. The van der Waals surface area contributed by atoms with E-state index in [2.05, 4.69) is 61.9 Å². The molecular formula is C49H54ClN9O5. The zero-order chi connectivity index (χ0) is 44.5. The third-order valence-electron chi connectivity index (χ3n) is 14.0. The van der Waals surface area contributed by atoms with E-state index >= 15 is 0 Å². The molecule has 1 atom stereocenters. The Morgan fingerprint density at radius 3 is 2.23 bits per heavy atom. The molecule has 0 bridgehead atoms. The normalized spacial score (nSPS) is 20.7. The Bertz CT molecular complexity index is 2470. The number of fused-ring (bicyclic) bond motifs is 1. The van der Waals surface area contributed by atoms with E-state index in [4.69, 9.17) is 21.3 Å². The number of benzene rings is 3. The van der Waals surface area contributed by atoms with E-state index in [0.29, 0.717) is 40.3 Å².